The van der Waals surface area contributed by atoms with E-state index < -0.39 is 0 Å². The van der Waals surface area contributed by atoms with E-state index in [0.717, 1.165) is 23.6 Å². The smallest absolute Gasteiger partial charge is 0.0882 e. The highest BCUT2D eigenvalue weighted by Gasteiger charge is 2.06. The molecule has 78 valence electrons. The largest absolute Gasteiger partial charge is 0.314 e. The van der Waals surface area contributed by atoms with Gasteiger partial charge in [0.1, 0.15) is 0 Å². The van der Waals surface area contributed by atoms with E-state index in [2.05, 4.69) is 21.5 Å². The Labute approximate surface area is 89.0 Å². The van der Waals surface area contributed by atoms with Gasteiger partial charge in [0.25, 0.3) is 0 Å². The lowest BCUT2D eigenvalue weighted by Gasteiger charge is -1.98. The van der Waals surface area contributed by atoms with E-state index in [4.69, 9.17) is 0 Å². The van der Waals surface area contributed by atoms with Gasteiger partial charge in [0, 0.05) is 19.8 Å². The third kappa shape index (κ3) is 2.05. The summed E-state index contributed by atoms with van der Waals surface area (Å²) >= 11 is 0. The van der Waals surface area contributed by atoms with Gasteiger partial charge in [-0.1, -0.05) is 6.07 Å². The Kier molecular flexibility index (Phi) is 2.78. The summed E-state index contributed by atoms with van der Waals surface area (Å²) in [7, 11) is 3.85. The van der Waals surface area contributed by atoms with Crippen molar-refractivity contribution in [3.8, 4) is 11.4 Å². The molecular formula is C11H14N4. The van der Waals surface area contributed by atoms with Crippen molar-refractivity contribution in [3.63, 3.8) is 0 Å². The molecule has 0 aliphatic heterocycles. The number of hydrogen-bond donors (Lipinski definition) is 1. The number of rotatable bonds is 3. The van der Waals surface area contributed by atoms with Crippen molar-refractivity contribution in [3.05, 3.63) is 36.2 Å². The maximum Gasteiger partial charge on any atom is 0.0882 e. The van der Waals surface area contributed by atoms with Crippen LogP contribution in [0, 0.1) is 0 Å². The molecule has 0 bridgehead atoms. The van der Waals surface area contributed by atoms with Crippen molar-refractivity contribution in [1.29, 1.82) is 0 Å². The molecule has 4 nitrogen and oxygen atoms in total. The van der Waals surface area contributed by atoms with Gasteiger partial charge in [-0.15, -0.1) is 0 Å². The second-order valence-corrected chi connectivity index (χ2v) is 3.39. The van der Waals surface area contributed by atoms with Gasteiger partial charge >= 0.3 is 0 Å². The van der Waals surface area contributed by atoms with Crippen molar-refractivity contribution in [2.45, 2.75) is 6.54 Å². The first-order chi connectivity index (χ1) is 7.31. The molecule has 2 aromatic heterocycles. The van der Waals surface area contributed by atoms with E-state index in [0.29, 0.717) is 0 Å². The zero-order valence-corrected chi connectivity index (χ0v) is 8.94. The Morgan fingerprint density at radius 2 is 2.27 bits per heavy atom. The molecule has 0 unspecified atom stereocenters. The highest BCUT2D eigenvalue weighted by molar-refractivity contribution is 5.54. The van der Waals surface area contributed by atoms with Crippen LogP contribution in [0.2, 0.25) is 0 Å². The molecule has 1 N–H and O–H groups in total. The summed E-state index contributed by atoms with van der Waals surface area (Å²) in [5, 5.41) is 7.47. The van der Waals surface area contributed by atoms with Gasteiger partial charge in [-0.2, -0.15) is 5.10 Å². The molecule has 2 heterocycles. The summed E-state index contributed by atoms with van der Waals surface area (Å²) in [5.41, 5.74) is 3.02. The summed E-state index contributed by atoms with van der Waals surface area (Å²) in [6, 6.07) is 7.93. The Bertz CT molecular complexity index is 433. The predicted molar refractivity (Wildman–Crippen MR) is 59.2 cm³/mol. The van der Waals surface area contributed by atoms with Crippen molar-refractivity contribution in [2.75, 3.05) is 7.05 Å². The second kappa shape index (κ2) is 4.23. The molecule has 0 radical (unpaired) electrons. The summed E-state index contributed by atoms with van der Waals surface area (Å²) in [4.78, 5) is 4.30. The van der Waals surface area contributed by atoms with Gasteiger partial charge in [-0.05, 0) is 25.2 Å². The Morgan fingerprint density at radius 3 is 2.93 bits per heavy atom. The quantitative estimate of drug-likeness (QED) is 0.813. The molecular weight excluding hydrogens is 188 g/mol. The van der Waals surface area contributed by atoms with Crippen LogP contribution >= 0.6 is 0 Å². The van der Waals surface area contributed by atoms with Crippen LogP contribution in [0.1, 0.15) is 5.69 Å². The average molecular weight is 202 g/mol. The zero-order valence-electron chi connectivity index (χ0n) is 8.94. The lowest BCUT2D eigenvalue weighted by Crippen LogP contribution is -2.05. The molecule has 2 aromatic rings. The van der Waals surface area contributed by atoms with Gasteiger partial charge in [0.05, 0.1) is 17.1 Å². The zero-order chi connectivity index (χ0) is 10.7. The van der Waals surface area contributed by atoms with E-state index in [1.807, 2.05) is 37.0 Å². The second-order valence-electron chi connectivity index (χ2n) is 3.39. The van der Waals surface area contributed by atoms with Gasteiger partial charge in [0.2, 0.25) is 0 Å². The van der Waals surface area contributed by atoms with Crippen LogP contribution in [0.15, 0.2) is 30.5 Å². The minimum atomic E-state index is 0.778. The topological polar surface area (TPSA) is 42.7 Å². The standard InChI is InChI=1S/C11H14N4/c1-12-8-9-7-11(15(2)14-9)10-5-3-4-6-13-10/h3-7,12H,8H2,1-2H3. The van der Waals surface area contributed by atoms with E-state index in [-0.39, 0.29) is 0 Å². The molecule has 15 heavy (non-hydrogen) atoms. The van der Waals surface area contributed by atoms with Crippen molar-refractivity contribution in [1.82, 2.24) is 20.1 Å². The van der Waals surface area contributed by atoms with Gasteiger partial charge in [-0.25, -0.2) is 0 Å². The van der Waals surface area contributed by atoms with Gasteiger partial charge in [0.15, 0.2) is 0 Å². The fraction of sp³-hybridized carbons (Fsp3) is 0.273. The van der Waals surface area contributed by atoms with Crippen molar-refractivity contribution < 1.29 is 0 Å². The molecule has 0 saturated heterocycles. The minimum Gasteiger partial charge on any atom is -0.314 e. The molecule has 0 spiro atoms. The van der Waals surface area contributed by atoms with Crippen LogP contribution in [0.4, 0.5) is 0 Å². The van der Waals surface area contributed by atoms with Crippen molar-refractivity contribution >= 4 is 0 Å². The van der Waals surface area contributed by atoms with Gasteiger partial charge < -0.3 is 5.32 Å². The molecule has 0 aliphatic rings. The Morgan fingerprint density at radius 1 is 1.40 bits per heavy atom. The molecule has 0 fully saturated rings. The molecule has 4 heteroatoms. The molecule has 0 saturated carbocycles. The van der Waals surface area contributed by atoms with Crippen LogP contribution in [-0.2, 0) is 13.6 Å². The molecule has 0 amide bonds. The third-order valence-electron chi connectivity index (χ3n) is 2.22. The highest BCUT2D eigenvalue weighted by atomic mass is 15.3. The molecule has 0 atom stereocenters. The predicted octanol–water partition coefficient (Wildman–Crippen LogP) is 1.20. The SMILES string of the molecule is CNCc1cc(-c2ccccn2)n(C)n1. The number of aromatic nitrogens is 3. The Balaban J connectivity index is 2.36. The molecule has 0 aromatic carbocycles. The first-order valence-electron chi connectivity index (χ1n) is 4.90. The van der Waals surface area contributed by atoms with Crippen LogP contribution in [0.25, 0.3) is 11.4 Å². The average Bonchev–Trinajstić information content (AvgIpc) is 2.61. The molecule has 2 rings (SSSR count). The lowest BCUT2D eigenvalue weighted by atomic mass is 10.2. The van der Waals surface area contributed by atoms with Crippen molar-refractivity contribution in [2.24, 2.45) is 7.05 Å². The summed E-state index contributed by atoms with van der Waals surface area (Å²) < 4.78 is 1.86. The fourth-order valence-electron chi connectivity index (χ4n) is 1.55. The number of hydrogen-bond acceptors (Lipinski definition) is 3. The van der Waals surface area contributed by atoms with Crippen LogP contribution in [0.3, 0.4) is 0 Å². The van der Waals surface area contributed by atoms with E-state index in [9.17, 15) is 0 Å². The molecule has 0 aliphatic carbocycles. The summed E-state index contributed by atoms with van der Waals surface area (Å²) in [6.45, 7) is 0.778. The van der Waals surface area contributed by atoms with Crippen LogP contribution < -0.4 is 5.32 Å². The number of aryl methyl sites for hydroxylation is 1. The highest BCUT2D eigenvalue weighted by Crippen LogP contribution is 2.16. The van der Waals surface area contributed by atoms with E-state index >= 15 is 0 Å². The first-order valence-corrected chi connectivity index (χ1v) is 4.90. The van der Waals surface area contributed by atoms with E-state index in [1.165, 1.54) is 0 Å². The van der Waals surface area contributed by atoms with Crippen LogP contribution in [-0.4, -0.2) is 21.8 Å². The fourth-order valence-corrected chi connectivity index (χ4v) is 1.55. The Hall–Kier alpha value is -1.68. The minimum absolute atomic E-state index is 0.778. The number of pyridine rings is 1. The monoisotopic (exact) mass is 202 g/mol. The summed E-state index contributed by atoms with van der Waals surface area (Å²) in [5.74, 6) is 0. The van der Waals surface area contributed by atoms with E-state index in [1.54, 1.807) is 6.20 Å². The number of nitrogens with zero attached hydrogens (tertiary/aromatic N) is 3. The van der Waals surface area contributed by atoms with Gasteiger partial charge in [-0.3, -0.25) is 9.67 Å². The maximum absolute atomic E-state index is 4.39. The maximum atomic E-state index is 4.39. The first kappa shape index (κ1) is 9.86. The summed E-state index contributed by atoms with van der Waals surface area (Å²) in [6.07, 6.45) is 1.79. The van der Waals surface area contributed by atoms with Crippen LogP contribution in [0.5, 0.6) is 0 Å². The third-order valence-corrected chi connectivity index (χ3v) is 2.22. The number of nitrogens with one attached hydrogen (secondary N) is 1. The lowest BCUT2D eigenvalue weighted by molar-refractivity contribution is 0.715. The normalized spacial score (nSPS) is 10.5.